The lowest BCUT2D eigenvalue weighted by Gasteiger charge is -2.11. The number of pyridine rings is 1. The van der Waals surface area contributed by atoms with Crippen LogP contribution in [0.5, 0.6) is 0 Å². The molecular weight excluding hydrogens is 373 g/mol. The molecule has 10 heteroatoms. The Morgan fingerprint density at radius 2 is 1.83 bits per heavy atom. The van der Waals surface area contributed by atoms with E-state index in [1.54, 1.807) is 0 Å². The fourth-order valence-electron chi connectivity index (χ4n) is 1.67. The van der Waals surface area contributed by atoms with E-state index in [-0.39, 0.29) is 10.7 Å². The third kappa shape index (κ3) is 3.76. The summed E-state index contributed by atoms with van der Waals surface area (Å²) < 4.78 is 63.3. The lowest BCUT2D eigenvalue weighted by molar-refractivity contribution is -0.137. The van der Waals surface area contributed by atoms with Crippen molar-refractivity contribution in [2.45, 2.75) is 16.0 Å². The molecule has 0 aliphatic rings. The first-order valence-electron chi connectivity index (χ1n) is 5.82. The number of hydrogen-bond acceptors (Lipinski definition) is 5. The minimum atomic E-state index is -4.77. The molecule has 0 fully saturated rings. The number of aliphatic imine (C=N–C) groups is 1. The summed E-state index contributed by atoms with van der Waals surface area (Å²) in [6, 6.07) is 4.79. The van der Waals surface area contributed by atoms with Gasteiger partial charge < -0.3 is 0 Å². The number of thiocarbonyl (C=S) groups is 1. The molecule has 0 radical (unpaired) electrons. The Balaban J connectivity index is 2.54. The molecule has 0 saturated heterocycles. The molecule has 0 atom stereocenters. The zero-order chi connectivity index (χ0) is 17.3. The van der Waals surface area contributed by atoms with E-state index in [1.165, 1.54) is 6.07 Å². The Morgan fingerprint density at radius 1 is 1.17 bits per heavy atom. The summed E-state index contributed by atoms with van der Waals surface area (Å²) in [5.41, 5.74) is -1.23. The molecule has 2 rings (SSSR count). The monoisotopic (exact) mass is 378 g/mol. The topological polar surface area (TPSA) is 59.4 Å². The van der Waals surface area contributed by atoms with Gasteiger partial charge in [-0.1, -0.05) is 11.6 Å². The Bertz CT molecular complexity index is 890. The van der Waals surface area contributed by atoms with Crippen LogP contribution in [-0.4, -0.2) is 18.6 Å². The number of nitrogens with zero attached hydrogens (tertiary/aromatic N) is 2. The Morgan fingerprint density at radius 3 is 2.35 bits per heavy atom. The summed E-state index contributed by atoms with van der Waals surface area (Å²) in [5.74, 6) is 0.131. The summed E-state index contributed by atoms with van der Waals surface area (Å²) in [6.07, 6.45) is -3.79. The molecule has 0 bridgehead atoms. The van der Waals surface area contributed by atoms with E-state index >= 15 is 0 Å². The molecule has 0 aliphatic heterocycles. The first kappa shape index (κ1) is 17.6. The first-order valence-corrected chi connectivity index (χ1v) is 8.09. The highest BCUT2D eigenvalue weighted by molar-refractivity contribution is 7.91. The molecule has 1 aromatic heterocycles. The predicted molar refractivity (Wildman–Crippen MR) is 80.8 cm³/mol. The predicted octanol–water partition coefficient (Wildman–Crippen LogP) is 4.32. The molecule has 0 aliphatic carbocycles. The second-order valence-corrected chi connectivity index (χ2v) is 6.74. The molecule has 1 heterocycles. The zero-order valence-corrected chi connectivity index (χ0v) is 13.4. The SMILES string of the molecule is O=S(=O)(c1ccc(N=C=S)nc1)c1ccc(Cl)c(C(F)(F)F)c1. The number of hydrogen-bond donors (Lipinski definition) is 0. The first-order chi connectivity index (χ1) is 10.7. The van der Waals surface area contributed by atoms with Gasteiger partial charge in [0.1, 0.15) is 0 Å². The van der Waals surface area contributed by atoms with E-state index in [0.717, 1.165) is 24.4 Å². The number of alkyl halides is 3. The lowest BCUT2D eigenvalue weighted by atomic mass is 10.2. The maximum Gasteiger partial charge on any atom is 0.417 e. The van der Waals surface area contributed by atoms with Crippen molar-refractivity contribution in [1.82, 2.24) is 4.98 Å². The smallest absolute Gasteiger partial charge is 0.235 e. The average molecular weight is 379 g/mol. The van der Waals surface area contributed by atoms with Crippen LogP contribution in [0.25, 0.3) is 0 Å². The van der Waals surface area contributed by atoms with Gasteiger partial charge in [0.15, 0.2) is 5.82 Å². The van der Waals surface area contributed by atoms with Crippen molar-refractivity contribution in [1.29, 1.82) is 0 Å². The molecule has 2 aromatic rings. The molecular formula is C13H6ClF3N2O2S2. The van der Waals surface area contributed by atoms with Gasteiger partial charge in [-0.15, -0.1) is 0 Å². The average Bonchev–Trinajstić information content (AvgIpc) is 2.47. The van der Waals surface area contributed by atoms with Gasteiger partial charge in [0.05, 0.1) is 25.5 Å². The normalized spacial score (nSPS) is 11.8. The van der Waals surface area contributed by atoms with E-state index in [4.69, 9.17) is 11.6 Å². The van der Waals surface area contributed by atoms with Crippen molar-refractivity contribution in [2.24, 2.45) is 4.99 Å². The molecule has 0 amide bonds. The van der Waals surface area contributed by atoms with Crippen molar-refractivity contribution in [3.05, 3.63) is 47.1 Å². The summed E-state index contributed by atoms with van der Waals surface area (Å²) in [7, 11) is -4.18. The van der Waals surface area contributed by atoms with Gasteiger partial charge in [-0.2, -0.15) is 18.2 Å². The third-order valence-corrected chi connectivity index (χ3v) is 4.90. The molecule has 23 heavy (non-hydrogen) atoms. The summed E-state index contributed by atoms with van der Waals surface area (Å²) >= 11 is 9.86. The molecule has 0 N–H and O–H groups in total. The largest absolute Gasteiger partial charge is 0.417 e. The van der Waals surface area contributed by atoms with Gasteiger partial charge in [-0.25, -0.2) is 13.4 Å². The minimum absolute atomic E-state index is 0.131. The summed E-state index contributed by atoms with van der Waals surface area (Å²) in [5, 5.41) is 1.48. The number of rotatable bonds is 3. The summed E-state index contributed by atoms with van der Waals surface area (Å²) in [6.45, 7) is 0. The van der Waals surface area contributed by atoms with Gasteiger partial charge >= 0.3 is 6.18 Å². The number of benzene rings is 1. The van der Waals surface area contributed by atoms with Crippen LogP contribution < -0.4 is 0 Å². The maximum atomic E-state index is 12.8. The van der Waals surface area contributed by atoms with E-state index in [2.05, 4.69) is 27.4 Å². The van der Waals surface area contributed by atoms with Crippen molar-refractivity contribution in [2.75, 3.05) is 0 Å². The Hall–Kier alpha value is -1.80. The maximum absolute atomic E-state index is 12.8. The van der Waals surface area contributed by atoms with Gasteiger partial charge in [0.2, 0.25) is 9.84 Å². The molecule has 120 valence electrons. The Kier molecular flexibility index (Phi) is 4.86. The number of sulfone groups is 1. The van der Waals surface area contributed by atoms with Gasteiger partial charge in [-0.3, -0.25) is 0 Å². The van der Waals surface area contributed by atoms with Crippen molar-refractivity contribution < 1.29 is 21.6 Å². The highest BCUT2D eigenvalue weighted by Crippen LogP contribution is 2.36. The molecule has 0 spiro atoms. The highest BCUT2D eigenvalue weighted by atomic mass is 35.5. The van der Waals surface area contributed by atoms with E-state index in [9.17, 15) is 21.6 Å². The molecule has 1 aromatic carbocycles. The third-order valence-electron chi connectivity index (χ3n) is 2.74. The Labute approximate surface area is 139 Å². The second-order valence-electron chi connectivity index (χ2n) is 4.20. The van der Waals surface area contributed by atoms with Crippen molar-refractivity contribution in [3.63, 3.8) is 0 Å². The van der Waals surface area contributed by atoms with Crippen LogP contribution in [0.2, 0.25) is 5.02 Å². The summed E-state index contributed by atoms with van der Waals surface area (Å²) in [4.78, 5) is 6.46. The van der Waals surface area contributed by atoms with Crippen LogP contribution in [0, 0.1) is 0 Å². The molecule has 0 saturated carbocycles. The lowest BCUT2D eigenvalue weighted by Crippen LogP contribution is -2.09. The van der Waals surface area contributed by atoms with Gasteiger partial charge in [-0.05, 0) is 42.5 Å². The second kappa shape index (κ2) is 6.37. The van der Waals surface area contributed by atoms with Crippen LogP contribution in [0.4, 0.5) is 19.0 Å². The molecule has 0 unspecified atom stereocenters. The quantitative estimate of drug-likeness (QED) is 0.589. The van der Waals surface area contributed by atoms with Crippen LogP contribution in [0.15, 0.2) is 51.3 Å². The van der Waals surface area contributed by atoms with E-state index in [1.807, 2.05) is 0 Å². The van der Waals surface area contributed by atoms with Crippen LogP contribution in [0.3, 0.4) is 0 Å². The van der Waals surface area contributed by atoms with Crippen LogP contribution in [0.1, 0.15) is 5.56 Å². The van der Waals surface area contributed by atoms with Gasteiger partial charge in [0, 0.05) is 6.20 Å². The standard InChI is InChI=1S/C13H6ClF3N2O2S2/c14-11-3-1-8(5-10(11)13(15,16)17)23(20,21)9-2-4-12(18-6-9)19-7-22/h1-6H. The van der Waals surface area contributed by atoms with Crippen molar-refractivity contribution in [3.8, 4) is 0 Å². The van der Waals surface area contributed by atoms with E-state index in [0.29, 0.717) is 6.07 Å². The highest BCUT2D eigenvalue weighted by Gasteiger charge is 2.34. The zero-order valence-electron chi connectivity index (χ0n) is 11.0. The molecule has 4 nitrogen and oxygen atoms in total. The fourth-order valence-corrected chi connectivity index (χ4v) is 3.22. The number of isothiocyanates is 1. The van der Waals surface area contributed by atoms with Crippen LogP contribution >= 0.6 is 23.8 Å². The van der Waals surface area contributed by atoms with Crippen molar-refractivity contribution >= 4 is 44.6 Å². The minimum Gasteiger partial charge on any atom is -0.235 e. The van der Waals surface area contributed by atoms with E-state index < -0.39 is 31.5 Å². The van der Waals surface area contributed by atoms with Crippen LogP contribution in [-0.2, 0) is 16.0 Å². The fraction of sp³-hybridized carbons (Fsp3) is 0.0769. The van der Waals surface area contributed by atoms with Gasteiger partial charge in [0.25, 0.3) is 0 Å². The number of aromatic nitrogens is 1. The number of halogens is 4.